The van der Waals surface area contributed by atoms with Crippen molar-refractivity contribution in [2.45, 2.75) is 26.3 Å². The van der Waals surface area contributed by atoms with Crippen LogP contribution >= 0.6 is 12.2 Å². The molecule has 1 heterocycles. The van der Waals surface area contributed by atoms with E-state index in [-0.39, 0.29) is 5.92 Å². The molecule has 1 saturated heterocycles. The third-order valence-electron chi connectivity index (χ3n) is 4.49. The normalized spacial score (nSPS) is 18.8. The van der Waals surface area contributed by atoms with E-state index in [4.69, 9.17) is 17.0 Å². The summed E-state index contributed by atoms with van der Waals surface area (Å²) in [6.07, 6.45) is 0.981. The Labute approximate surface area is 154 Å². The lowest BCUT2D eigenvalue weighted by atomic mass is 10.0. The third-order valence-corrected chi connectivity index (χ3v) is 4.74. The maximum absolute atomic E-state index is 11.5. The summed E-state index contributed by atoms with van der Waals surface area (Å²) in [4.78, 5) is 13.5. The van der Waals surface area contributed by atoms with Crippen LogP contribution in [0.4, 0.5) is 5.69 Å². The van der Waals surface area contributed by atoms with Gasteiger partial charge in [-0.05, 0) is 61.3 Å². The fraction of sp³-hybridized carbons (Fsp3) is 0.556. The van der Waals surface area contributed by atoms with Crippen molar-refractivity contribution in [3.8, 4) is 5.75 Å². The van der Waals surface area contributed by atoms with Gasteiger partial charge in [-0.3, -0.25) is 9.69 Å². The summed E-state index contributed by atoms with van der Waals surface area (Å²) in [5.74, 6) is 0.562. The van der Waals surface area contributed by atoms with E-state index in [1.165, 1.54) is 0 Å². The molecule has 3 N–H and O–H groups in total. The first kappa shape index (κ1) is 19.5. The quantitative estimate of drug-likeness (QED) is 0.641. The first-order valence-electron chi connectivity index (χ1n) is 8.56. The molecule has 2 atom stereocenters. The van der Waals surface area contributed by atoms with Gasteiger partial charge in [0.25, 0.3) is 0 Å². The van der Waals surface area contributed by atoms with E-state index in [0.29, 0.717) is 11.0 Å². The molecule has 0 aromatic heterocycles. The zero-order valence-corrected chi connectivity index (χ0v) is 15.8. The predicted molar refractivity (Wildman–Crippen MR) is 103 cm³/mol. The summed E-state index contributed by atoms with van der Waals surface area (Å²) < 4.78 is 5.13. The second-order valence-electron chi connectivity index (χ2n) is 6.74. The SMILES string of the molecule is COc1ccc(NC(=S)NC[C@H]2CCN([C@H](C(=O)O)C(C)C)C2)cc1. The monoisotopic (exact) mass is 365 g/mol. The molecule has 1 aromatic rings. The van der Waals surface area contributed by atoms with Gasteiger partial charge in [0.2, 0.25) is 0 Å². The number of anilines is 1. The zero-order chi connectivity index (χ0) is 18.4. The van der Waals surface area contributed by atoms with E-state index in [1.807, 2.05) is 38.1 Å². The molecule has 0 amide bonds. The second kappa shape index (κ2) is 9.01. The average Bonchev–Trinajstić information content (AvgIpc) is 3.01. The Hall–Kier alpha value is -1.86. The Kier molecular flexibility index (Phi) is 7.01. The molecule has 1 aromatic carbocycles. The number of hydrogen-bond donors (Lipinski definition) is 3. The molecule has 7 heteroatoms. The summed E-state index contributed by atoms with van der Waals surface area (Å²) in [5, 5.41) is 16.4. The van der Waals surface area contributed by atoms with Gasteiger partial charge in [0.1, 0.15) is 11.8 Å². The standard InChI is InChI=1S/C18H27N3O3S/c1-12(2)16(17(22)23)21-9-8-13(11-21)10-19-18(25)20-14-4-6-15(24-3)7-5-14/h4-7,12-13,16H,8-11H2,1-3H3,(H,22,23)(H2,19,20,25)/t13-,16+/m1/s1. The lowest BCUT2D eigenvalue weighted by Crippen LogP contribution is -2.44. The van der Waals surface area contributed by atoms with Crippen molar-refractivity contribution in [1.82, 2.24) is 10.2 Å². The summed E-state index contributed by atoms with van der Waals surface area (Å²) in [6.45, 7) is 6.26. The predicted octanol–water partition coefficient (Wildman–Crippen LogP) is 2.41. The first-order chi connectivity index (χ1) is 11.9. The molecular weight excluding hydrogens is 338 g/mol. The molecular formula is C18H27N3O3S. The molecule has 1 fully saturated rings. The van der Waals surface area contributed by atoms with Gasteiger partial charge in [0.05, 0.1) is 7.11 Å². The van der Waals surface area contributed by atoms with Gasteiger partial charge in [-0.1, -0.05) is 13.8 Å². The van der Waals surface area contributed by atoms with Crippen LogP contribution in [0.2, 0.25) is 0 Å². The lowest BCUT2D eigenvalue weighted by Gasteiger charge is -2.27. The first-order valence-corrected chi connectivity index (χ1v) is 8.97. The Bertz CT molecular complexity index is 592. The molecule has 25 heavy (non-hydrogen) atoms. The number of methoxy groups -OCH3 is 1. The van der Waals surface area contributed by atoms with Gasteiger partial charge >= 0.3 is 5.97 Å². The van der Waals surface area contributed by atoms with E-state index in [0.717, 1.165) is 37.5 Å². The van der Waals surface area contributed by atoms with Crippen molar-refractivity contribution in [2.75, 3.05) is 32.1 Å². The van der Waals surface area contributed by atoms with Gasteiger partial charge in [0, 0.05) is 18.8 Å². The van der Waals surface area contributed by atoms with Crippen LogP contribution in [0.1, 0.15) is 20.3 Å². The summed E-state index contributed by atoms with van der Waals surface area (Å²) >= 11 is 5.33. The molecule has 1 aliphatic rings. The summed E-state index contributed by atoms with van der Waals surface area (Å²) in [6, 6.07) is 7.15. The summed E-state index contributed by atoms with van der Waals surface area (Å²) in [5.41, 5.74) is 0.900. The molecule has 0 spiro atoms. The highest BCUT2D eigenvalue weighted by Gasteiger charge is 2.34. The molecule has 0 radical (unpaired) electrons. The minimum atomic E-state index is -0.736. The lowest BCUT2D eigenvalue weighted by molar-refractivity contribution is -0.144. The fourth-order valence-corrected chi connectivity index (χ4v) is 3.43. The largest absolute Gasteiger partial charge is 0.497 e. The van der Waals surface area contributed by atoms with E-state index < -0.39 is 12.0 Å². The van der Waals surface area contributed by atoms with Crippen LogP contribution in [0.15, 0.2) is 24.3 Å². The van der Waals surface area contributed by atoms with Crippen molar-refractivity contribution in [3.63, 3.8) is 0 Å². The van der Waals surface area contributed by atoms with E-state index >= 15 is 0 Å². The van der Waals surface area contributed by atoms with Gasteiger partial charge < -0.3 is 20.5 Å². The minimum absolute atomic E-state index is 0.0991. The highest BCUT2D eigenvalue weighted by molar-refractivity contribution is 7.80. The minimum Gasteiger partial charge on any atom is -0.497 e. The van der Waals surface area contributed by atoms with Gasteiger partial charge in [0.15, 0.2) is 5.11 Å². The molecule has 1 aliphatic heterocycles. The maximum Gasteiger partial charge on any atom is 0.321 e. The van der Waals surface area contributed by atoms with Crippen LogP contribution in [-0.2, 0) is 4.79 Å². The number of aliphatic carboxylic acids is 1. The highest BCUT2D eigenvalue weighted by atomic mass is 32.1. The number of benzene rings is 1. The molecule has 0 unspecified atom stereocenters. The average molecular weight is 365 g/mol. The number of nitrogens with zero attached hydrogens (tertiary/aromatic N) is 1. The molecule has 138 valence electrons. The molecule has 2 rings (SSSR count). The fourth-order valence-electron chi connectivity index (χ4n) is 3.23. The Morgan fingerprint density at radius 3 is 2.64 bits per heavy atom. The Balaban J connectivity index is 1.77. The van der Waals surface area contributed by atoms with Crippen LogP contribution in [-0.4, -0.2) is 53.9 Å². The number of nitrogens with one attached hydrogen (secondary N) is 2. The number of likely N-dealkylation sites (tertiary alicyclic amines) is 1. The molecule has 0 saturated carbocycles. The zero-order valence-electron chi connectivity index (χ0n) is 15.0. The molecule has 6 nitrogen and oxygen atoms in total. The van der Waals surface area contributed by atoms with Crippen molar-refractivity contribution < 1.29 is 14.6 Å². The van der Waals surface area contributed by atoms with E-state index in [9.17, 15) is 9.90 Å². The van der Waals surface area contributed by atoms with Crippen molar-refractivity contribution in [1.29, 1.82) is 0 Å². The van der Waals surface area contributed by atoms with Crippen LogP contribution in [0.5, 0.6) is 5.75 Å². The number of carbonyl (C=O) groups is 1. The molecule has 0 aliphatic carbocycles. The number of hydrogen-bond acceptors (Lipinski definition) is 4. The number of rotatable bonds is 7. The Morgan fingerprint density at radius 1 is 1.40 bits per heavy atom. The maximum atomic E-state index is 11.5. The Morgan fingerprint density at radius 2 is 2.08 bits per heavy atom. The van der Waals surface area contributed by atoms with E-state index in [2.05, 4.69) is 15.5 Å². The van der Waals surface area contributed by atoms with Crippen LogP contribution in [0.3, 0.4) is 0 Å². The second-order valence-corrected chi connectivity index (χ2v) is 7.15. The van der Waals surface area contributed by atoms with Crippen molar-refractivity contribution in [2.24, 2.45) is 11.8 Å². The number of ether oxygens (including phenoxy) is 1. The van der Waals surface area contributed by atoms with Gasteiger partial charge in [-0.25, -0.2) is 0 Å². The van der Waals surface area contributed by atoms with E-state index in [1.54, 1.807) is 7.11 Å². The smallest absolute Gasteiger partial charge is 0.321 e. The van der Waals surface area contributed by atoms with Crippen LogP contribution in [0.25, 0.3) is 0 Å². The van der Waals surface area contributed by atoms with Gasteiger partial charge in [-0.15, -0.1) is 0 Å². The number of thiocarbonyl (C=S) groups is 1. The third kappa shape index (κ3) is 5.57. The topological polar surface area (TPSA) is 73.8 Å². The van der Waals surface area contributed by atoms with Crippen LogP contribution < -0.4 is 15.4 Å². The van der Waals surface area contributed by atoms with Gasteiger partial charge in [-0.2, -0.15) is 0 Å². The molecule has 0 bridgehead atoms. The van der Waals surface area contributed by atoms with Crippen molar-refractivity contribution >= 4 is 29.0 Å². The van der Waals surface area contributed by atoms with Crippen molar-refractivity contribution in [3.05, 3.63) is 24.3 Å². The highest BCUT2D eigenvalue weighted by Crippen LogP contribution is 2.22. The number of carboxylic acids is 1. The summed E-state index contributed by atoms with van der Waals surface area (Å²) in [7, 11) is 1.63. The van der Waals surface area contributed by atoms with Crippen LogP contribution in [0, 0.1) is 11.8 Å². The number of carboxylic acid groups (broad SMARTS) is 1.